The highest BCUT2D eigenvalue weighted by Gasteiger charge is 2.26. The fourth-order valence-corrected chi connectivity index (χ4v) is 5.45. The van der Waals surface area contributed by atoms with Crippen molar-refractivity contribution in [1.29, 1.82) is 0 Å². The van der Waals surface area contributed by atoms with Crippen LogP contribution in [-0.4, -0.2) is 32.6 Å². The second kappa shape index (κ2) is 11.1. The number of fused-ring (bicyclic) bond motifs is 1. The molecular weight excluding hydrogens is 524 g/mol. The van der Waals surface area contributed by atoms with Crippen LogP contribution in [0.1, 0.15) is 61.0 Å². The monoisotopic (exact) mass is 554 g/mol. The van der Waals surface area contributed by atoms with E-state index in [0.717, 1.165) is 27.2 Å². The fourth-order valence-electron chi connectivity index (χ4n) is 4.24. The Morgan fingerprint density at radius 3 is 2.61 bits per heavy atom. The first kappa shape index (κ1) is 27.6. The Hall–Kier alpha value is -3.40. The highest BCUT2D eigenvalue weighted by atomic mass is 35.5. The number of nitrogens with two attached hydrogens (primary N) is 1. The number of carbonyl (C=O) groups excluding carboxylic acids is 1. The van der Waals surface area contributed by atoms with Gasteiger partial charge in [0.15, 0.2) is 0 Å². The van der Waals surface area contributed by atoms with Crippen molar-refractivity contribution < 1.29 is 19.4 Å². The number of rotatable bonds is 10. The maximum absolute atomic E-state index is 12.3. The number of aromatic nitrogens is 2. The molecule has 2 atom stereocenters. The van der Waals surface area contributed by atoms with Crippen molar-refractivity contribution in [1.82, 2.24) is 14.9 Å². The van der Waals surface area contributed by atoms with Gasteiger partial charge in [-0.25, -0.2) is 4.98 Å². The van der Waals surface area contributed by atoms with Gasteiger partial charge in [-0.3, -0.25) is 14.2 Å². The summed E-state index contributed by atoms with van der Waals surface area (Å²) >= 11 is 7.56. The molecule has 1 unspecified atom stereocenters. The molecule has 0 saturated heterocycles. The molecule has 0 aliphatic rings. The van der Waals surface area contributed by atoms with Gasteiger partial charge < -0.3 is 20.9 Å². The molecule has 200 valence electrons. The molecule has 2 aromatic carbocycles. The zero-order valence-electron chi connectivity index (χ0n) is 21.7. The van der Waals surface area contributed by atoms with Crippen molar-refractivity contribution >= 4 is 45.8 Å². The zero-order valence-corrected chi connectivity index (χ0v) is 23.3. The predicted molar refractivity (Wildman–Crippen MR) is 150 cm³/mol. The number of primary amides is 1. The number of amides is 1. The van der Waals surface area contributed by atoms with E-state index in [9.17, 15) is 14.7 Å². The molecule has 0 bridgehead atoms. The zero-order chi connectivity index (χ0) is 27.6. The summed E-state index contributed by atoms with van der Waals surface area (Å²) in [5, 5.41) is 14.0. The molecule has 0 fully saturated rings. The standard InChI is InChI=1S/C28H31ClN4O4S/c1-16(18-7-5-6-8-19(18)29)37-22-12-24(38-26(22)27(30)36)33-15-32-20-10-9-17(11-21(20)33)14-31-23(13-25(34)35)28(2,3)4/h5-12,15-16,23,31H,13-14H2,1-4H3,(H2,30,36)(H,34,35)/t16-,23?/m1/s1. The number of aliphatic carboxylic acids is 1. The molecule has 4 rings (SSSR count). The SMILES string of the molecule is C[C@@H](Oc1cc(-n2cnc3ccc(CNC(CC(=O)O)C(C)(C)C)cc32)sc1C(N)=O)c1ccccc1Cl. The molecule has 0 spiro atoms. The Morgan fingerprint density at radius 2 is 1.95 bits per heavy atom. The number of nitrogens with zero attached hydrogens (tertiary/aromatic N) is 2. The summed E-state index contributed by atoms with van der Waals surface area (Å²) < 4.78 is 8.04. The van der Waals surface area contributed by atoms with Gasteiger partial charge in [-0.05, 0) is 36.1 Å². The summed E-state index contributed by atoms with van der Waals surface area (Å²) in [5.74, 6) is -1.04. The molecule has 0 radical (unpaired) electrons. The molecule has 0 saturated carbocycles. The molecule has 8 nitrogen and oxygen atoms in total. The first-order chi connectivity index (χ1) is 17.9. The lowest BCUT2D eigenvalue weighted by Gasteiger charge is -2.30. The second-order valence-electron chi connectivity index (χ2n) is 10.3. The minimum atomic E-state index is -0.837. The van der Waals surface area contributed by atoms with Crippen molar-refractivity contribution in [2.75, 3.05) is 0 Å². The van der Waals surface area contributed by atoms with Crippen molar-refractivity contribution in [3.8, 4) is 10.8 Å². The molecule has 2 aromatic heterocycles. The largest absolute Gasteiger partial charge is 0.484 e. The maximum Gasteiger partial charge on any atom is 0.304 e. The lowest BCUT2D eigenvalue weighted by Crippen LogP contribution is -2.41. The summed E-state index contributed by atoms with van der Waals surface area (Å²) in [5.41, 5.74) is 8.89. The third-order valence-electron chi connectivity index (χ3n) is 6.38. The fraction of sp³-hybridized carbons (Fsp3) is 0.321. The van der Waals surface area contributed by atoms with Crippen LogP contribution in [0.2, 0.25) is 5.02 Å². The minimum Gasteiger partial charge on any atom is -0.484 e. The van der Waals surface area contributed by atoms with Gasteiger partial charge in [-0.2, -0.15) is 0 Å². The Morgan fingerprint density at radius 1 is 1.21 bits per heavy atom. The van der Waals surface area contributed by atoms with Crippen LogP contribution in [0.5, 0.6) is 5.75 Å². The van der Waals surface area contributed by atoms with Crippen LogP contribution in [0.15, 0.2) is 54.9 Å². The Labute approximate surface area is 230 Å². The molecule has 2 heterocycles. The number of carboxylic acid groups (broad SMARTS) is 1. The number of carbonyl (C=O) groups is 2. The lowest BCUT2D eigenvalue weighted by atomic mass is 9.84. The Balaban J connectivity index is 1.62. The van der Waals surface area contributed by atoms with E-state index in [1.54, 1.807) is 18.5 Å². The van der Waals surface area contributed by atoms with Gasteiger partial charge >= 0.3 is 5.97 Å². The van der Waals surface area contributed by atoms with E-state index in [0.29, 0.717) is 22.2 Å². The third kappa shape index (κ3) is 6.18. The molecule has 10 heteroatoms. The molecule has 4 N–H and O–H groups in total. The van der Waals surface area contributed by atoms with Crippen molar-refractivity contribution in [2.24, 2.45) is 11.1 Å². The van der Waals surface area contributed by atoms with Crippen LogP contribution in [0.25, 0.3) is 16.0 Å². The third-order valence-corrected chi connectivity index (χ3v) is 7.86. The van der Waals surface area contributed by atoms with Crippen LogP contribution in [0.4, 0.5) is 0 Å². The second-order valence-corrected chi connectivity index (χ2v) is 11.7. The molecule has 4 aromatic rings. The van der Waals surface area contributed by atoms with Crippen LogP contribution >= 0.6 is 22.9 Å². The Bertz CT molecular complexity index is 1470. The van der Waals surface area contributed by atoms with Gasteiger partial charge in [0, 0.05) is 29.2 Å². The number of nitrogens with one attached hydrogen (secondary N) is 1. The van der Waals surface area contributed by atoms with Crippen molar-refractivity contribution in [3.63, 3.8) is 0 Å². The average molecular weight is 555 g/mol. The molecule has 0 aliphatic heterocycles. The number of hydrogen-bond acceptors (Lipinski definition) is 6. The van der Waals surface area contributed by atoms with Crippen LogP contribution in [0.3, 0.4) is 0 Å². The van der Waals surface area contributed by atoms with Gasteiger partial charge in [-0.1, -0.05) is 56.6 Å². The number of halogens is 1. The number of hydrogen-bond donors (Lipinski definition) is 3. The highest BCUT2D eigenvalue weighted by Crippen LogP contribution is 2.37. The number of thiophene rings is 1. The van der Waals surface area contributed by atoms with Gasteiger partial charge in [0.25, 0.3) is 5.91 Å². The maximum atomic E-state index is 12.3. The Kier molecular flexibility index (Phi) is 8.10. The van der Waals surface area contributed by atoms with Gasteiger partial charge in [0.05, 0.1) is 17.5 Å². The van der Waals surface area contributed by atoms with E-state index < -0.39 is 18.0 Å². The number of benzene rings is 2. The van der Waals surface area contributed by atoms with E-state index >= 15 is 0 Å². The summed E-state index contributed by atoms with van der Waals surface area (Å²) in [6, 6.07) is 14.9. The molecule has 1 amide bonds. The predicted octanol–water partition coefficient (Wildman–Crippen LogP) is 5.96. The summed E-state index contributed by atoms with van der Waals surface area (Å²) in [7, 11) is 0. The van der Waals surface area contributed by atoms with E-state index in [4.69, 9.17) is 22.1 Å². The highest BCUT2D eigenvalue weighted by molar-refractivity contribution is 7.16. The van der Waals surface area contributed by atoms with E-state index in [1.807, 2.05) is 68.7 Å². The molecular formula is C28H31ClN4O4S. The van der Waals surface area contributed by atoms with E-state index in [1.165, 1.54) is 11.3 Å². The number of imidazole rings is 1. The smallest absolute Gasteiger partial charge is 0.304 e. The van der Waals surface area contributed by atoms with Crippen LogP contribution in [0, 0.1) is 5.41 Å². The van der Waals surface area contributed by atoms with E-state index in [2.05, 4.69) is 10.3 Å². The molecule has 38 heavy (non-hydrogen) atoms. The van der Waals surface area contributed by atoms with Crippen LogP contribution in [-0.2, 0) is 11.3 Å². The summed E-state index contributed by atoms with van der Waals surface area (Å²) in [6.45, 7) is 8.42. The summed E-state index contributed by atoms with van der Waals surface area (Å²) in [6.07, 6.45) is 1.33. The lowest BCUT2D eigenvalue weighted by molar-refractivity contribution is -0.138. The van der Waals surface area contributed by atoms with E-state index in [-0.39, 0.29) is 17.9 Å². The van der Waals surface area contributed by atoms with Gasteiger partial charge in [0.2, 0.25) is 0 Å². The van der Waals surface area contributed by atoms with Crippen molar-refractivity contribution in [2.45, 2.75) is 52.8 Å². The average Bonchev–Trinajstić information content (AvgIpc) is 3.44. The summed E-state index contributed by atoms with van der Waals surface area (Å²) in [4.78, 5) is 28.4. The number of ether oxygens (including phenoxy) is 1. The van der Waals surface area contributed by atoms with Gasteiger partial charge in [0.1, 0.15) is 28.1 Å². The first-order valence-corrected chi connectivity index (χ1v) is 13.4. The first-order valence-electron chi connectivity index (χ1n) is 12.2. The topological polar surface area (TPSA) is 119 Å². The molecule has 0 aliphatic carbocycles. The van der Waals surface area contributed by atoms with Crippen LogP contribution < -0.4 is 15.8 Å². The normalized spacial score (nSPS) is 13.4. The van der Waals surface area contributed by atoms with Crippen molar-refractivity contribution in [3.05, 3.63) is 75.9 Å². The number of carboxylic acids is 1. The minimum absolute atomic E-state index is 0.0319. The quantitative estimate of drug-likeness (QED) is 0.222. The van der Waals surface area contributed by atoms with Gasteiger partial charge in [-0.15, -0.1) is 11.3 Å².